The number of para-hydroxylation sites is 1. The van der Waals surface area contributed by atoms with Crippen molar-refractivity contribution in [2.75, 3.05) is 98.4 Å². The van der Waals surface area contributed by atoms with Crippen LogP contribution in [0.2, 0.25) is 0 Å². The third kappa shape index (κ3) is 4.38. The zero-order valence-corrected chi connectivity index (χ0v) is 17.7. The zero-order chi connectivity index (χ0) is 21.0. The van der Waals surface area contributed by atoms with Crippen LogP contribution < -0.4 is 19.6 Å². The molecule has 31 heavy (non-hydrogen) atoms. The van der Waals surface area contributed by atoms with Gasteiger partial charge in [-0.05, 0) is 12.1 Å². The number of hydrogen-bond acceptors (Lipinski definition) is 8. The fourth-order valence-electron chi connectivity index (χ4n) is 4.33. The van der Waals surface area contributed by atoms with Crippen molar-refractivity contribution in [1.29, 1.82) is 0 Å². The molecule has 166 valence electrons. The van der Waals surface area contributed by atoms with Gasteiger partial charge >= 0.3 is 0 Å². The van der Waals surface area contributed by atoms with E-state index < -0.39 is 0 Å². The van der Waals surface area contributed by atoms with E-state index in [0.717, 1.165) is 26.2 Å². The maximum atomic E-state index is 15.6. The van der Waals surface area contributed by atoms with Crippen LogP contribution in [0.5, 0.6) is 0 Å². The van der Waals surface area contributed by atoms with Crippen molar-refractivity contribution in [2.45, 2.75) is 0 Å². The summed E-state index contributed by atoms with van der Waals surface area (Å²) in [5, 5.41) is 0. The SMILES string of the molecule is Fc1c(N2CCOCC2)nc(N2CCN(c3ccccc3)CC2)nc1N1CCOCC1. The monoisotopic (exact) mass is 428 g/mol. The highest BCUT2D eigenvalue weighted by molar-refractivity contribution is 5.58. The Morgan fingerprint density at radius 3 is 1.61 bits per heavy atom. The summed E-state index contributed by atoms with van der Waals surface area (Å²) in [6.07, 6.45) is 0. The molecular weight excluding hydrogens is 399 g/mol. The zero-order valence-electron chi connectivity index (χ0n) is 17.7. The molecule has 5 rings (SSSR count). The number of benzene rings is 1. The minimum Gasteiger partial charge on any atom is -0.378 e. The summed E-state index contributed by atoms with van der Waals surface area (Å²) in [4.78, 5) is 17.9. The Bertz CT molecular complexity index is 827. The molecule has 3 aliphatic rings. The van der Waals surface area contributed by atoms with Crippen molar-refractivity contribution in [1.82, 2.24) is 9.97 Å². The summed E-state index contributed by atoms with van der Waals surface area (Å²) >= 11 is 0. The Hall–Kier alpha value is -2.65. The Morgan fingerprint density at radius 2 is 1.10 bits per heavy atom. The average Bonchev–Trinajstić information content (AvgIpc) is 2.86. The highest BCUT2D eigenvalue weighted by atomic mass is 19.1. The van der Waals surface area contributed by atoms with Gasteiger partial charge in [-0.3, -0.25) is 0 Å². The van der Waals surface area contributed by atoms with E-state index >= 15 is 4.39 Å². The van der Waals surface area contributed by atoms with Crippen molar-refractivity contribution < 1.29 is 13.9 Å². The Morgan fingerprint density at radius 1 is 0.613 bits per heavy atom. The standard InChI is InChI=1S/C22H29FN6O2/c23-19-20(27-10-14-30-15-11-27)24-22(25-21(19)28-12-16-31-17-13-28)29-8-6-26(7-9-29)18-4-2-1-3-5-18/h1-5H,6-17H2. The molecule has 0 aliphatic carbocycles. The molecule has 0 saturated carbocycles. The molecule has 0 bridgehead atoms. The van der Waals surface area contributed by atoms with Crippen molar-refractivity contribution in [3.05, 3.63) is 36.1 Å². The molecule has 4 heterocycles. The van der Waals surface area contributed by atoms with E-state index in [1.54, 1.807) is 0 Å². The van der Waals surface area contributed by atoms with Gasteiger partial charge in [0.2, 0.25) is 11.8 Å². The highest BCUT2D eigenvalue weighted by Crippen LogP contribution is 2.30. The lowest BCUT2D eigenvalue weighted by Gasteiger charge is -2.37. The molecule has 0 atom stereocenters. The molecule has 8 nitrogen and oxygen atoms in total. The summed E-state index contributed by atoms with van der Waals surface area (Å²) < 4.78 is 26.5. The van der Waals surface area contributed by atoms with Gasteiger partial charge in [-0.1, -0.05) is 18.2 Å². The Kier molecular flexibility index (Phi) is 6.04. The largest absolute Gasteiger partial charge is 0.378 e. The molecule has 9 heteroatoms. The minimum absolute atomic E-state index is 0.338. The van der Waals surface area contributed by atoms with Gasteiger partial charge in [0, 0.05) is 58.0 Å². The van der Waals surface area contributed by atoms with Gasteiger partial charge in [-0.2, -0.15) is 14.4 Å². The summed E-state index contributed by atoms with van der Waals surface area (Å²) in [5.41, 5.74) is 1.23. The number of nitrogens with zero attached hydrogens (tertiary/aromatic N) is 6. The summed E-state index contributed by atoms with van der Waals surface area (Å²) in [6.45, 7) is 8.24. The van der Waals surface area contributed by atoms with Gasteiger partial charge in [0.25, 0.3) is 0 Å². The van der Waals surface area contributed by atoms with E-state index in [4.69, 9.17) is 19.4 Å². The predicted octanol–water partition coefficient (Wildman–Crippen LogP) is 1.62. The number of rotatable bonds is 4. The molecule has 0 N–H and O–H groups in total. The van der Waals surface area contributed by atoms with Crippen molar-refractivity contribution in [3.8, 4) is 0 Å². The first-order valence-corrected chi connectivity index (χ1v) is 11.1. The molecule has 2 aromatic rings. The molecule has 0 amide bonds. The molecule has 3 aliphatic heterocycles. The maximum absolute atomic E-state index is 15.6. The number of morpholine rings is 2. The lowest BCUT2D eigenvalue weighted by atomic mass is 10.2. The number of anilines is 4. The first-order valence-electron chi connectivity index (χ1n) is 11.1. The van der Waals surface area contributed by atoms with Crippen LogP contribution in [0.1, 0.15) is 0 Å². The van der Waals surface area contributed by atoms with Gasteiger partial charge in [0.1, 0.15) is 0 Å². The van der Waals surface area contributed by atoms with E-state index in [2.05, 4.69) is 34.1 Å². The third-order valence-corrected chi connectivity index (χ3v) is 6.11. The summed E-state index contributed by atoms with van der Waals surface area (Å²) in [5.74, 6) is 1.05. The van der Waals surface area contributed by atoms with Crippen LogP contribution in [0.4, 0.5) is 27.7 Å². The quantitative estimate of drug-likeness (QED) is 0.728. The van der Waals surface area contributed by atoms with Crippen molar-refractivity contribution in [3.63, 3.8) is 0 Å². The fraction of sp³-hybridized carbons (Fsp3) is 0.545. The number of piperazine rings is 1. The lowest BCUT2D eigenvalue weighted by Crippen LogP contribution is -2.47. The van der Waals surface area contributed by atoms with Crippen LogP contribution in [-0.2, 0) is 9.47 Å². The van der Waals surface area contributed by atoms with E-state index in [-0.39, 0.29) is 5.82 Å². The second-order valence-corrected chi connectivity index (χ2v) is 7.99. The second-order valence-electron chi connectivity index (χ2n) is 7.99. The Labute approximate surface area is 182 Å². The highest BCUT2D eigenvalue weighted by Gasteiger charge is 2.28. The molecule has 1 aromatic carbocycles. The van der Waals surface area contributed by atoms with Crippen LogP contribution in [-0.4, -0.2) is 88.8 Å². The van der Waals surface area contributed by atoms with Crippen LogP contribution >= 0.6 is 0 Å². The molecule has 3 fully saturated rings. The molecule has 1 aromatic heterocycles. The van der Waals surface area contributed by atoms with Crippen LogP contribution in [0.25, 0.3) is 0 Å². The fourth-order valence-corrected chi connectivity index (χ4v) is 4.33. The van der Waals surface area contributed by atoms with E-state index in [0.29, 0.717) is 70.2 Å². The predicted molar refractivity (Wildman–Crippen MR) is 119 cm³/mol. The first-order chi connectivity index (χ1) is 15.3. The van der Waals surface area contributed by atoms with E-state index in [1.807, 2.05) is 15.9 Å². The molecule has 3 saturated heterocycles. The molecule has 0 unspecified atom stereocenters. The number of hydrogen-bond donors (Lipinski definition) is 0. The number of ether oxygens (including phenoxy) is 2. The van der Waals surface area contributed by atoms with Crippen molar-refractivity contribution in [2.24, 2.45) is 0 Å². The Balaban J connectivity index is 1.41. The molecular formula is C22H29FN6O2. The first kappa shape index (κ1) is 20.3. The number of halogens is 1. The van der Waals surface area contributed by atoms with Gasteiger partial charge in [0.05, 0.1) is 26.4 Å². The van der Waals surface area contributed by atoms with Gasteiger partial charge < -0.3 is 29.1 Å². The normalized spacial score (nSPS) is 20.3. The van der Waals surface area contributed by atoms with Crippen molar-refractivity contribution >= 4 is 23.3 Å². The molecule has 0 spiro atoms. The average molecular weight is 429 g/mol. The van der Waals surface area contributed by atoms with E-state index in [9.17, 15) is 0 Å². The summed E-state index contributed by atoms with van der Waals surface area (Å²) in [6, 6.07) is 10.4. The van der Waals surface area contributed by atoms with Crippen LogP contribution in [0.15, 0.2) is 30.3 Å². The minimum atomic E-state index is -0.338. The second kappa shape index (κ2) is 9.23. The van der Waals surface area contributed by atoms with Gasteiger partial charge in [-0.15, -0.1) is 0 Å². The smallest absolute Gasteiger partial charge is 0.229 e. The summed E-state index contributed by atoms with van der Waals surface area (Å²) in [7, 11) is 0. The maximum Gasteiger partial charge on any atom is 0.229 e. The molecule has 0 radical (unpaired) electrons. The third-order valence-electron chi connectivity index (χ3n) is 6.11. The number of aromatic nitrogens is 2. The van der Waals surface area contributed by atoms with Crippen LogP contribution in [0.3, 0.4) is 0 Å². The van der Waals surface area contributed by atoms with E-state index in [1.165, 1.54) is 5.69 Å². The van der Waals surface area contributed by atoms with Gasteiger partial charge in [-0.25, -0.2) is 0 Å². The van der Waals surface area contributed by atoms with Gasteiger partial charge in [0.15, 0.2) is 11.6 Å². The topological polar surface area (TPSA) is 57.2 Å². The lowest BCUT2D eigenvalue weighted by molar-refractivity contribution is 0.121. The van der Waals surface area contributed by atoms with Crippen LogP contribution in [0, 0.1) is 5.82 Å².